The van der Waals surface area contributed by atoms with Crippen LogP contribution in [0.1, 0.15) is 33.1 Å². The second-order valence-electron chi connectivity index (χ2n) is 7.18. The number of nitrogens with zero attached hydrogens (tertiary/aromatic N) is 2. The van der Waals surface area contributed by atoms with Crippen molar-refractivity contribution >= 4 is 69.4 Å². The fourth-order valence-corrected chi connectivity index (χ4v) is 3.36. The van der Waals surface area contributed by atoms with Gasteiger partial charge >= 0.3 is 0 Å². The molecule has 13 heteroatoms. The number of rotatable bonds is 16. The van der Waals surface area contributed by atoms with Crippen molar-refractivity contribution in [2.45, 2.75) is 33.1 Å². The minimum absolute atomic E-state index is 0.0469. The third-order valence-corrected chi connectivity index (χ3v) is 5.79. The molecule has 0 radical (unpaired) electrons. The molecule has 0 aromatic heterocycles. The Hall–Kier alpha value is -1.22. The van der Waals surface area contributed by atoms with Gasteiger partial charge in [0.2, 0.25) is 11.8 Å². The van der Waals surface area contributed by atoms with E-state index in [4.69, 9.17) is 37.4 Å². The van der Waals surface area contributed by atoms with Gasteiger partial charge in [0.05, 0.1) is 48.8 Å². The zero-order valence-electron chi connectivity index (χ0n) is 20.8. The molecule has 1 aliphatic heterocycles. The van der Waals surface area contributed by atoms with Crippen molar-refractivity contribution in [3.05, 3.63) is 28.2 Å². The molecule has 1 aromatic rings. The fraction of sp³-hybridized carbons (Fsp3) is 0.609. The first-order chi connectivity index (χ1) is 17.5. The highest BCUT2D eigenvalue weighted by molar-refractivity contribution is 14.1. The van der Waals surface area contributed by atoms with Crippen LogP contribution >= 0.6 is 46.1 Å². The summed E-state index contributed by atoms with van der Waals surface area (Å²) in [7, 11) is 0. The second-order valence-corrected chi connectivity index (χ2v) is 8.76. The van der Waals surface area contributed by atoms with Gasteiger partial charge < -0.3 is 24.8 Å². The number of anilines is 1. The molecule has 0 unspecified atom stereocenters. The van der Waals surface area contributed by atoms with Crippen LogP contribution in [0.15, 0.2) is 23.3 Å². The number of hydrogen-bond acceptors (Lipinski definition) is 8. The molecule has 1 heterocycles. The Morgan fingerprint density at radius 1 is 1.00 bits per heavy atom. The van der Waals surface area contributed by atoms with Gasteiger partial charge in [0.1, 0.15) is 12.4 Å². The van der Waals surface area contributed by atoms with Gasteiger partial charge in [0, 0.05) is 55.3 Å². The molecule has 0 saturated carbocycles. The normalized spacial score (nSPS) is 12.6. The zero-order chi connectivity index (χ0) is 26.6. The summed E-state index contributed by atoms with van der Waals surface area (Å²) in [6.07, 6.45) is 1.40. The summed E-state index contributed by atoms with van der Waals surface area (Å²) in [4.78, 5) is 23.9. The molecule has 0 bridgehead atoms. The van der Waals surface area contributed by atoms with Gasteiger partial charge in [0.25, 0.3) is 0 Å². The molecule has 1 aromatic carbocycles. The van der Waals surface area contributed by atoms with Crippen molar-refractivity contribution in [1.29, 1.82) is 0 Å². The molecule has 2 amide bonds. The third kappa shape index (κ3) is 14.5. The van der Waals surface area contributed by atoms with E-state index in [1.807, 2.05) is 19.9 Å². The van der Waals surface area contributed by atoms with Crippen LogP contribution in [0.25, 0.3) is 0 Å². The van der Waals surface area contributed by atoms with Gasteiger partial charge in [-0.15, -0.1) is 0 Å². The number of hydrogen-bond donors (Lipinski definition) is 3. The highest BCUT2D eigenvalue weighted by Gasteiger charge is 2.18. The minimum Gasteiger partial charge on any atom is -0.378 e. The number of hydrazone groups is 1. The molecule has 0 saturated heterocycles. The Kier molecular flexibility index (Phi) is 19.0. The monoisotopic (exact) mass is 659 g/mol. The number of amides is 2. The molecule has 2 rings (SSSR count). The Morgan fingerprint density at radius 2 is 1.69 bits per heavy atom. The maximum Gasteiger partial charge on any atom is 0.245 e. The van der Waals surface area contributed by atoms with Crippen molar-refractivity contribution in [2.24, 2.45) is 5.10 Å². The molecule has 3 N–H and O–H groups in total. The van der Waals surface area contributed by atoms with E-state index in [9.17, 15) is 9.59 Å². The first-order valence-electron chi connectivity index (χ1n) is 11.9. The lowest BCUT2D eigenvalue weighted by Gasteiger charge is -2.13. The van der Waals surface area contributed by atoms with Crippen LogP contribution in [-0.2, 0) is 23.8 Å². The van der Waals surface area contributed by atoms with Crippen LogP contribution in [0.3, 0.4) is 0 Å². The largest absolute Gasteiger partial charge is 0.378 e. The molecular formula is C23H36Cl2IN5O5. The quantitative estimate of drug-likeness (QED) is 0.141. The van der Waals surface area contributed by atoms with Crippen LogP contribution in [0.2, 0.25) is 10.0 Å². The van der Waals surface area contributed by atoms with Crippen LogP contribution in [0, 0.1) is 0 Å². The number of carbonyl (C=O) groups is 2. The van der Waals surface area contributed by atoms with Crippen molar-refractivity contribution in [1.82, 2.24) is 14.2 Å². The van der Waals surface area contributed by atoms with Gasteiger partial charge in [-0.25, -0.2) is 0 Å². The summed E-state index contributed by atoms with van der Waals surface area (Å²) in [5.74, 6) is 0.222. The summed E-state index contributed by atoms with van der Waals surface area (Å²) in [6.45, 7) is 8.13. The Labute approximate surface area is 237 Å². The van der Waals surface area contributed by atoms with Crippen LogP contribution in [0.4, 0.5) is 5.69 Å². The lowest BCUT2D eigenvalue weighted by Crippen LogP contribution is -2.32. The first kappa shape index (κ1) is 32.8. The van der Waals surface area contributed by atoms with Crippen LogP contribution < -0.4 is 19.2 Å². The number of amidine groups is 1. The molecular weight excluding hydrogens is 624 g/mol. The van der Waals surface area contributed by atoms with Gasteiger partial charge in [-0.1, -0.05) is 37.0 Å². The Morgan fingerprint density at radius 3 is 2.39 bits per heavy atom. The molecule has 0 fully saturated rings. The van der Waals surface area contributed by atoms with Gasteiger partial charge in [0.15, 0.2) is 0 Å². The first-order valence-corrected chi connectivity index (χ1v) is 13.8. The summed E-state index contributed by atoms with van der Waals surface area (Å²) in [5.41, 5.74) is 0.809. The summed E-state index contributed by atoms with van der Waals surface area (Å²) in [6, 6.07) is 5.27. The van der Waals surface area contributed by atoms with E-state index in [0.29, 0.717) is 74.8 Å². The smallest absolute Gasteiger partial charge is 0.245 e. The van der Waals surface area contributed by atoms with E-state index < -0.39 is 0 Å². The van der Waals surface area contributed by atoms with Gasteiger partial charge in [-0.05, 0) is 24.6 Å². The molecule has 0 spiro atoms. The molecule has 36 heavy (non-hydrogen) atoms. The van der Waals surface area contributed by atoms with Crippen LogP contribution in [-0.4, -0.2) is 76.9 Å². The molecule has 10 nitrogen and oxygen atoms in total. The number of nitrogens with one attached hydrogen (secondary N) is 3. The van der Waals surface area contributed by atoms with Crippen molar-refractivity contribution in [2.75, 3.05) is 64.3 Å². The Bertz CT molecular complexity index is 819. The maximum atomic E-state index is 12.1. The average molecular weight is 660 g/mol. The van der Waals surface area contributed by atoms with Crippen molar-refractivity contribution in [3.63, 3.8) is 0 Å². The number of halogens is 3. The van der Waals surface area contributed by atoms with Crippen molar-refractivity contribution in [3.8, 4) is 0 Å². The Balaban J connectivity index is 0.00000316. The predicted octanol–water partition coefficient (Wildman–Crippen LogP) is 3.55. The summed E-state index contributed by atoms with van der Waals surface area (Å²) < 4.78 is 18.9. The lowest BCUT2D eigenvalue weighted by atomic mass is 10.3. The highest BCUT2D eigenvalue weighted by atomic mass is 127. The van der Waals surface area contributed by atoms with Crippen LogP contribution in [0.5, 0.6) is 0 Å². The topological polar surface area (TPSA) is 114 Å². The average Bonchev–Trinajstić information content (AvgIpc) is 3.34. The molecule has 204 valence electrons. The van der Waals surface area contributed by atoms with Gasteiger partial charge in [-0.3, -0.25) is 18.1 Å². The van der Waals surface area contributed by atoms with E-state index >= 15 is 0 Å². The molecule has 1 aliphatic rings. The van der Waals surface area contributed by atoms with E-state index in [0.717, 1.165) is 12.2 Å². The third-order valence-electron chi connectivity index (χ3n) is 4.51. The minimum atomic E-state index is -0.229. The van der Waals surface area contributed by atoms with Gasteiger partial charge in [-0.2, -0.15) is 5.10 Å². The summed E-state index contributed by atoms with van der Waals surface area (Å²) >= 11 is 14.1. The van der Waals surface area contributed by atoms with E-state index in [-0.39, 0.29) is 24.8 Å². The highest BCUT2D eigenvalue weighted by Crippen LogP contribution is 2.28. The fourth-order valence-electron chi connectivity index (χ4n) is 2.84. The summed E-state index contributed by atoms with van der Waals surface area (Å²) in [5, 5.41) is 12.6. The van der Waals surface area contributed by atoms with E-state index in [1.165, 1.54) is 0 Å². The number of ether oxygens (including phenoxy) is 3. The zero-order valence-corrected chi connectivity index (χ0v) is 24.5. The second kappa shape index (κ2) is 20.8. The van der Waals surface area contributed by atoms with E-state index in [2.05, 4.69) is 42.1 Å². The molecule has 0 aliphatic carbocycles. The maximum absolute atomic E-state index is 12.1. The van der Waals surface area contributed by atoms with Crippen molar-refractivity contribution < 1.29 is 23.8 Å². The lowest BCUT2D eigenvalue weighted by molar-refractivity contribution is -0.126. The number of benzene rings is 1. The van der Waals surface area contributed by atoms with E-state index in [1.54, 1.807) is 17.1 Å². The predicted molar refractivity (Wildman–Crippen MR) is 152 cm³/mol. The molecule has 0 atom stereocenters. The number of carbonyl (C=O) groups excluding carboxylic acids is 2. The SMILES string of the molecule is CC.O=C(COCCOCCOCCNI)NCCCC(=O)NC1=NN(c2ccc(Cl)c(Cl)c2)CC1. The standard InChI is InChI=1S/C21H30Cl2IN5O5.C2H6/c22-17-4-3-16(14-18(17)23)29-8-5-19(28-29)27-20(30)2-1-6-25-21(31)15-34-13-12-33-11-10-32-9-7-26-24;1-2/h3-4,14,26H,1-2,5-13,15H2,(H,25,31)(H,27,28,30);1-2H3.